The van der Waals surface area contributed by atoms with E-state index in [4.69, 9.17) is 5.84 Å². The molecule has 1 saturated heterocycles. The van der Waals surface area contributed by atoms with Crippen LogP contribution in [0.4, 0.5) is 11.6 Å². The fourth-order valence-corrected chi connectivity index (χ4v) is 2.27. The summed E-state index contributed by atoms with van der Waals surface area (Å²) >= 11 is 0. The molecule has 1 aromatic rings. The molecule has 0 aliphatic carbocycles. The molecule has 18 heavy (non-hydrogen) atoms. The minimum Gasteiger partial charge on any atom is -0.368 e. The van der Waals surface area contributed by atoms with Gasteiger partial charge in [-0.2, -0.15) is 0 Å². The molecule has 1 unspecified atom stereocenters. The number of nitrogens with one attached hydrogen (secondary N) is 2. The largest absolute Gasteiger partial charge is 0.368 e. The molecular weight excluding hydrogens is 228 g/mol. The summed E-state index contributed by atoms with van der Waals surface area (Å²) in [6.07, 6.45) is 5.99. The van der Waals surface area contributed by atoms with Gasteiger partial charge >= 0.3 is 0 Å². The van der Waals surface area contributed by atoms with Crippen LogP contribution in [0.3, 0.4) is 0 Å². The van der Waals surface area contributed by atoms with Crippen LogP contribution in [0.2, 0.25) is 0 Å². The Morgan fingerprint density at radius 3 is 2.78 bits per heavy atom. The highest BCUT2D eigenvalue weighted by Crippen LogP contribution is 2.11. The maximum atomic E-state index is 5.30. The van der Waals surface area contributed by atoms with Gasteiger partial charge < -0.3 is 15.6 Å². The zero-order valence-corrected chi connectivity index (χ0v) is 10.9. The molecule has 0 saturated carbocycles. The molecule has 0 amide bonds. The Hall–Kier alpha value is -1.40. The fraction of sp³-hybridized carbons (Fsp3) is 0.667. The van der Waals surface area contributed by atoms with Crippen molar-refractivity contribution in [3.05, 3.63) is 12.4 Å². The summed E-state index contributed by atoms with van der Waals surface area (Å²) in [4.78, 5) is 10.9. The molecule has 2 heterocycles. The molecule has 0 bridgehead atoms. The molecule has 0 spiro atoms. The van der Waals surface area contributed by atoms with Gasteiger partial charge in [0.05, 0.1) is 12.4 Å². The van der Waals surface area contributed by atoms with E-state index in [9.17, 15) is 0 Å². The number of nitrogen functional groups attached to an aromatic ring is 1. The number of hydrogen-bond acceptors (Lipinski definition) is 6. The van der Waals surface area contributed by atoms with E-state index in [1.54, 1.807) is 12.4 Å². The van der Waals surface area contributed by atoms with Gasteiger partial charge in [-0.3, -0.25) is 4.98 Å². The molecule has 1 aromatic heterocycles. The lowest BCUT2D eigenvalue weighted by Crippen LogP contribution is -2.29. The molecule has 2 rings (SSSR count). The van der Waals surface area contributed by atoms with Crippen LogP contribution in [0, 0.1) is 5.92 Å². The number of anilines is 2. The summed E-state index contributed by atoms with van der Waals surface area (Å²) in [6, 6.07) is 0. The smallest absolute Gasteiger partial charge is 0.160 e. The van der Waals surface area contributed by atoms with Crippen molar-refractivity contribution in [2.75, 3.05) is 36.9 Å². The number of hydrogen-bond donors (Lipinski definition) is 3. The predicted molar refractivity (Wildman–Crippen MR) is 73.2 cm³/mol. The highest BCUT2D eigenvalue weighted by atomic mass is 15.3. The second kappa shape index (κ2) is 6.51. The minimum atomic E-state index is 0.576. The number of nitrogens with zero attached hydrogens (tertiary/aromatic N) is 3. The van der Waals surface area contributed by atoms with E-state index in [-0.39, 0.29) is 0 Å². The normalized spacial score (nSPS) is 17.7. The predicted octanol–water partition coefficient (Wildman–Crippen LogP) is 0.906. The van der Waals surface area contributed by atoms with Crippen LogP contribution in [0.15, 0.2) is 12.4 Å². The van der Waals surface area contributed by atoms with E-state index in [1.807, 2.05) is 0 Å². The summed E-state index contributed by atoms with van der Waals surface area (Å²) in [5, 5.41) is 3.30. The molecular formula is C12H22N6. The van der Waals surface area contributed by atoms with Crippen molar-refractivity contribution >= 4 is 11.6 Å². The SMILES string of the molecule is CC(CNc1cncc(NN)n1)CN1CCCC1. The van der Waals surface area contributed by atoms with Crippen molar-refractivity contribution in [2.24, 2.45) is 11.8 Å². The maximum Gasteiger partial charge on any atom is 0.160 e. The Morgan fingerprint density at radius 2 is 2.06 bits per heavy atom. The number of aromatic nitrogens is 2. The van der Waals surface area contributed by atoms with E-state index < -0.39 is 0 Å². The Labute approximate surface area is 108 Å². The summed E-state index contributed by atoms with van der Waals surface area (Å²) in [5.41, 5.74) is 2.49. The molecule has 1 atom stereocenters. The average Bonchev–Trinajstić information content (AvgIpc) is 2.89. The first-order valence-electron chi connectivity index (χ1n) is 6.53. The standard InChI is InChI=1S/C12H22N6/c1-10(9-18-4-2-3-5-18)6-15-11-7-14-8-12(16-11)17-13/h7-8,10H,2-6,9,13H2,1H3,(H2,15,16,17). The first-order chi connectivity index (χ1) is 8.78. The van der Waals surface area contributed by atoms with E-state index >= 15 is 0 Å². The number of likely N-dealkylation sites (tertiary alicyclic amines) is 1. The zero-order chi connectivity index (χ0) is 12.8. The Bertz CT molecular complexity index is 363. The Kier molecular flexibility index (Phi) is 4.72. The van der Waals surface area contributed by atoms with Crippen LogP contribution in [0.1, 0.15) is 19.8 Å². The van der Waals surface area contributed by atoms with Crippen molar-refractivity contribution in [1.29, 1.82) is 0 Å². The maximum absolute atomic E-state index is 5.30. The van der Waals surface area contributed by atoms with Crippen molar-refractivity contribution < 1.29 is 0 Å². The Morgan fingerprint density at radius 1 is 1.33 bits per heavy atom. The minimum absolute atomic E-state index is 0.576. The molecule has 6 heteroatoms. The van der Waals surface area contributed by atoms with Crippen molar-refractivity contribution in [2.45, 2.75) is 19.8 Å². The van der Waals surface area contributed by atoms with Crippen LogP contribution < -0.4 is 16.6 Å². The van der Waals surface area contributed by atoms with Crippen molar-refractivity contribution in [3.8, 4) is 0 Å². The van der Waals surface area contributed by atoms with Gasteiger partial charge in [-0.1, -0.05) is 6.92 Å². The van der Waals surface area contributed by atoms with Gasteiger partial charge in [0.2, 0.25) is 0 Å². The van der Waals surface area contributed by atoms with Crippen LogP contribution in [0.25, 0.3) is 0 Å². The van der Waals surface area contributed by atoms with Gasteiger partial charge in [0.25, 0.3) is 0 Å². The van der Waals surface area contributed by atoms with Crippen LogP contribution >= 0.6 is 0 Å². The van der Waals surface area contributed by atoms with E-state index in [0.717, 1.165) is 18.9 Å². The lowest BCUT2D eigenvalue weighted by molar-refractivity contribution is 0.294. The quantitative estimate of drug-likeness (QED) is 0.514. The molecule has 1 aliphatic rings. The van der Waals surface area contributed by atoms with E-state index in [1.165, 1.54) is 25.9 Å². The highest BCUT2D eigenvalue weighted by Gasteiger charge is 2.14. The molecule has 1 aliphatic heterocycles. The molecule has 6 nitrogen and oxygen atoms in total. The number of rotatable bonds is 6. The molecule has 100 valence electrons. The topological polar surface area (TPSA) is 79.1 Å². The highest BCUT2D eigenvalue weighted by molar-refractivity contribution is 5.40. The van der Waals surface area contributed by atoms with Gasteiger partial charge in [-0.15, -0.1) is 0 Å². The molecule has 0 radical (unpaired) electrons. The first kappa shape index (κ1) is 13.0. The molecule has 1 fully saturated rings. The van der Waals surface area contributed by atoms with Crippen LogP contribution in [-0.4, -0.2) is 41.0 Å². The Balaban J connectivity index is 1.75. The lowest BCUT2D eigenvalue weighted by atomic mass is 10.1. The summed E-state index contributed by atoms with van der Waals surface area (Å²) in [5.74, 6) is 7.23. The van der Waals surface area contributed by atoms with Crippen molar-refractivity contribution in [3.63, 3.8) is 0 Å². The lowest BCUT2D eigenvalue weighted by Gasteiger charge is -2.20. The van der Waals surface area contributed by atoms with Crippen molar-refractivity contribution in [1.82, 2.24) is 14.9 Å². The number of hydrazine groups is 1. The second-order valence-electron chi connectivity index (χ2n) is 4.93. The first-order valence-corrected chi connectivity index (χ1v) is 6.53. The van der Waals surface area contributed by atoms with Crippen LogP contribution in [0.5, 0.6) is 0 Å². The third kappa shape index (κ3) is 3.82. The second-order valence-corrected chi connectivity index (χ2v) is 4.93. The monoisotopic (exact) mass is 250 g/mol. The summed E-state index contributed by atoms with van der Waals surface area (Å²) < 4.78 is 0. The van der Waals surface area contributed by atoms with Crippen LogP contribution in [-0.2, 0) is 0 Å². The van der Waals surface area contributed by atoms with Gasteiger partial charge in [-0.05, 0) is 31.8 Å². The molecule has 0 aromatic carbocycles. The van der Waals surface area contributed by atoms with Gasteiger partial charge in [-0.25, -0.2) is 10.8 Å². The van der Waals surface area contributed by atoms with Gasteiger partial charge in [0, 0.05) is 13.1 Å². The number of nitrogens with two attached hydrogens (primary N) is 1. The van der Waals surface area contributed by atoms with Gasteiger partial charge in [0.1, 0.15) is 5.82 Å². The van der Waals surface area contributed by atoms with E-state index in [2.05, 4.69) is 32.5 Å². The summed E-state index contributed by atoms with van der Waals surface area (Å²) in [6.45, 7) is 6.80. The summed E-state index contributed by atoms with van der Waals surface area (Å²) in [7, 11) is 0. The third-order valence-corrected chi connectivity index (χ3v) is 3.18. The fourth-order valence-electron chi connectivity index (χ4n) is 2.27. The average molecular weight is 250 g/mol. The zero-order valence-electron chi connectivity index (χ0n) is 10.9. The van der Waals surface area contributed by atoms with E-state index in [0.29, 0.717) is 11.7 Å². The third-order valence-electron chi connectivity index (χ3n) is 3.18. The van der Waals surface area contributed by atoms with Gasteiger partial charge in [0.15, 0.2) is 5.82 Å². The molecule has 4 N–H and O–H groups in total.